The zero-order chi connectivity index (χ0) is 19.6. The third-order valence-corrected chi connectivity index (χ3v) is 5.62. The first-order chi connectivity index (χ1) is 12.7. The highest BCUT2D eigenvalue weighted by molar-refractivity contribution is 6.36. The van der Waals surface area contributed by atoms with Crippen LogP contribution in [0.25, 0.3) is 0 Å². The van der Waals surface area contributed by atoms with Gasteiger partial charge in [0, 0.05) is 12.0 Å². The molecule has 0 radical (unpaired) electrons. The van der Waals surface area contributed by atoms with E-state index in [0.29, 0.717) is 31.2 Å². The topological polar surface area (TPSA) is 46.6 Å². The average Bonchev–Trinajstić information content (AvgIpc) is 2.58. The van der Waals surface area contributed by atoms with Crippen LogP contribution < -0.4 is 4.74 Å². The van der Waals surface area contributed by atoms with Gasteiger partial charge in [0.1, 0.15) is 17.7 Å². The smallest absolute Gasteiger partial charge is 0.290 e. The molecule has 27 heavy (non-hydrogen) atoms. The van der Waals surface area contributed by atoms with E-state index in [4.69, 9.17) is 4.74 Å². The van der Waals surface area contributed by atoms with Gasteiger partial charge < -0.3 is 9.64 Å². The van der Waals surface area contributed by atoms with Crippen LogP contribution >= 0.6 is 0 Å². The van der Waals surface area contributed by atoms with E-state index < -0.39 is 0 Å². The van der Waals surface area contributed by atoms with E-state index in [1.165, 1.54) is 31.4 Å². The molecule has 0 bridgehead atoms. The van der Waals surface area contributed by atoms with Gasteiger partial charge in [-0.05, 0) is 29.5 Å². The lowest BCUT2D eigenvalue weighted by Gasteiger charge is -2.39. The van der Waals surface area contributed by atoms with Crippen molar-refractivity contribution in [1.82, 2.24) is 4.90 Å². The maximum Gasteiger partial charge on any atom is 0.290 e. The number of carbonyl (C=O) groups is 2. The number of ether oxygens (including phenoxy) is 1. The van der Waals surface area contributed by atoms with Gasteiger partial charge in [0.05, 0.1) is 13.1 Å². The van der Waals surface area contributed by atoms with E-state index in [9.17, 15) is 14.0 Å². The van der Waals surface area contributed by atoms with Crippen LogP contribution in [-0.2, 0) is 15.0 Å². The minimum absolute atomic E-state index is 0.150. The highest BCUT2D eigenvalue weighted by Crippen LogP contribution is 2.33. The largest absolute Gasteiger partial charge is 0.486 e. The monoisotopic (exact) mass is 375 g/mol. The van der Waals surface area contributed by atoms with E-state index in [1.807, 2.05) is 20.8 Å². The number of hydrogen-bond acceptors (Lipinski definition) is 3. The summed E-state index contributed by atoms with van der Waals surface area (Å²) >= 11 is 0. The number of Topliss-reactive ketones (excluding diaryl/α,β-unsaturated/α-hetero) is 1. The molecule has 148 valence electrons. The van der Waals surface area contributed by atoms with Gasteiger partial charge in [0.2, 0.25) is 5.78 Å². The highest BCUT2D eigenvalue weighted by Gasteiger charge is 2.36. The molecule has 1 aromatic rings. The van der Waals surface area contributed by atoms with Crippen LogP contribution in [0.1, 0.15) is 64.9 Å². The maximum absolute atomic E-state index is 13.6. The Balaban J connectivity index is 1.52. The van der Waals surface area contributed by atoms with Crippen LogP contribution in [0.5, 0.6) is 5.75 Å². The van der Waals surface area contributed by atoms with Crippen LogP contribution in [0.2, 0.25) is 0 Å². The van der Waals surface area contributed by atoms with Crippen molar-refractivity contribution < 1.29 is 18.7 Å². The fourth-order valence-corrected chi connectivity index (χ4v) is 3.97. The Morgan fingerprint density at radius 2 is 1.81 bits per heavy atom. The van der Waals surface area contributed by atoms with E-state index in [0.717, 1.165) is 18.4 Å². The number of likely N-dealkylation sites (tertiary alicyclic amines) is 1. The highest BCUT2D eigenvalue weighted by atomic mass is 19.1. The third-order valence-electron chi connectivity index (χ3n) is 5.62. The Labute approximate surface area is 161 Å². The number of halogens is 1. The van der Waals surface area contributed by atoms with Crippen LogP contribution in [0.3, 0.4) is 0 Å². The van der Waals surface area contributed by atoms with Crippen molar-refractivity contribution in [3.05, 3.63) is 29.6 Å². The predicted octanol–water partition coefficient (Wildman–Crippen LogP) is 4.25. The van der Waals surface area contributed by atoms with Crippen molar-refractivity contribution in [3.63, 3.8) is 0 Å². The Morgan fingerprint density at radius 1 is 1.15 bits per heavy atom. The molecule has 0 spiro atoms. The molecule has 5 heteroatoms. The maximum atomic E-state index is 13.6. The normalized spacial score (nSPS) is 18.9. The van der Waals surface area contributed by atoms with Gasteiger partial charge in [0.25, 0.3) is 5.91 Å². The molecule has 1 heterocycles. The molecule has 3 rings (SSSR count). The van der Waals surface area contributed by atoms with E-state index in [2.05, 4.69) is 0 Å². The molecular weight excluding hydrogens is 345 g/mol. The minimum atomic E-state index is -0.379. The van der Waals surface area contributed by atoms with Crippen molar-refractivity contribution in [2.75, 3.05) is 13.1 Å². The summed E-state index contributed by atoms with van der Waals surface area (Å²) in [6, 6.07) is 4.54. The van der Waals surface area contributed by atoms with Crippen LogP contribution in [-0.4, -0.2) is 35.8 Å². The first-order valence-corrected chi connectivity index (χ1v) is 10.0. The summed E-state index contributed by atoms with van der Waals surface area (Å²) in [6.07, 6.45) is 5.93. The van der Waals surface area contributed by atoms with Gasteiger partial charge in [-0.1, -0.05) is 52.9 Å². The molecular formula is C22H30FNO3. The lowest BCUT2D eigenvalue weighted by molar-refractivity contribution is -0.151. The molecule has 1 saturated heterocycles. The first kappa shape index (κ1) is 19.8. The summed E-state index contributed by atoms with van der Waals surface area (Å²) in [4.78, 5) is 26.2. The molecule has 1 saturated carbocycles. The predicted molar refractivity (Wildman–Crippen MR) is 102 cm³/mol. The number of ketones is 1. The quantitative estimate of drug-likeness (QED) is 0.723. The Morgan fingerprint density at radius 3 is 2.44 bits per heavy atom. The zero-order valence-electron chi connectivity index (χ0n) is 16.6. The Hall–Kier alpha value is -1.91. The van der Waals surface area contributed by atoms with Gasteiger partial charge >= 0.3 is 0 Å². The molecule has 1 amide bonds. The number of hydrogen-bond donors (Lipinski definition) is 0. The summed E-state index contributed by atoms with van der Waals surface area (Å²) in [5.41, 5.74) is 0.563. The fraction of sp³-hybridized carbons (Fsp3) is 0.636. The number of carbonyl (C=O) groups excluding carboxylic acids is 2. The molecule has 4 nitrogen and oxygen atoms in total. The second-order valence-corrected chi connectivity index (χ2v) is 8.97. The summed E-state index contributed by atoms with van der Waals surface area (Å²) < 4.78 is 19.6. The number of benzene rings is 1. The molecule has 0 atom stereocenters. The molecule has 1 aromatic carbocycles. The van der Waals surface area contributed by atoms with Gasteiger partial charge in [0.15, 0.2) is 0 Å². The number of nitrogens with zero attached hydrogens (tertiary/aromatic N) is 1. The van der Waals surface area contributed by atoms with Crippen molar-refractivity contribution in [2.24, 2.45) is 5.92 Å². The number of amides is 1. The lowest BCUT2D eigenvalue weighted by atomic mass is 9.85. The Bertz CT molecular complexity index is 698. The van der Waals surface area contributed by atoms with Crippen molar-refractivity contribution in [3.8, 4) is 5.75 Å². The summed E-state index contributed by atoms with van der Waals surface area (Å²) in [7, 11) is 0. The van der Waals surface area contributed by atoms with Crippen LogP contribution in [0.15, 0.2) is 18.2 Å². The van der Waals surface area contributed by atoms with Gasteiger partial charge in [-0.2, -0.15) is 0 Å². The van der Waals surface area contributed by atoms with E-state index in [1.54, 1.807) is 11.0 Å². The van der Waals surface area contributed by atoms with Crippen molar-refractivity contribution in [2.45, 2.75) is 70.8 Å². The fourth-order valence-electron chi connectivity index (χ4n) is 3.97. The zero-order valence-corrected chi connectivity index (χ0v) is 16.6. The SMILES string of the molecule is CC(C)(C)c1cc(F)ccc1OC1CN(C(=O)C(=O)CC2CCCCC2)C1. The van der Waals surface area contributed by atoms with Crippen LogP contribution in [0.4, 0.5) is 4.39 Å². The molecule has 2 fully saturated rings. The molecule has 1 aliphatic carbocycles. The van der Waals surface area contributed by atoms with Crippen molar-refractivity contribution >= 4 is 11.7 Å². The second kappa shape index (κ2) is 7.99. The van der Waals surface area contributed by atoms with Gasteiger partial charge in [-0.3, -0.25) is 9.59 Å². The second-order valence-electron chi connectivity index (χ2n) is 8.97. The van der Waals surface area contributed by atoms with Gasteiger partial charge in [-0.15, -0.1) is 0 Å². The van der Waals surface area contributed by atoms with Crippen molar-refractivity contribution in [1.29, 1.82) is 0 Å². The number of rotatable bonds is 5. The summed E-state index contributed by atoms with van der Waals surface area (Å²) in [5.74, 6) is 0.0886. The summed E-state index contributed by atoms with van der Waals surface area (Å²) in [6.45, 7) is 6.85. The first-order valence-electron chi connectivity index (χ1n) is 10.0. The average molecular weight is 375 g/mol. The molecule has 0 aromatic heterocycles. The molecule has 0 N–H and O–H groups in total. The standard InChI is InChI=1S/C22H30FNO3/c1-22(2,3)18-12-16(23)9-10-20(18)27-17-13-24(14-17)21(26)19(25)11-15-7-5-4-6-8-15/h9-10,12,15,17H,4-8,11,13-14H2,1-3H3. The lowest BCUT2D eigenvalue weighted by Crippen LogP contribution is -2.58. The third kappa shape index (κ3) is 4.88. The summed E-state index contributed by atoms with van der Waals surface area (Å²) in [5, 5.41) is 0. The Kier molecular flexibility index (Phi) is 5.87. The van der Waals surface area contributed by atoms with Gasteiger partial charge in [-0.25, -0.2) is 4.39 Å². The minimum Gasteiger partial charge on any atom is -0.486 e. The molecule has 1 aliphatic heterocycles. The van der Waals surface area contributed by atoms with Crippen LogP contribution in [0, 0.1) is 11.7 Å². The van der Waals surface area contributed by atoms with E-state index in [-0.39, 0.29) is 29.0 Å². The molecule has 2 aliphatic rings. The van der Waals surface area contributed by atoms with E-state index >= 15 is 0 Å². The molecule has 0 unspecified atom stereocenters.